The van der Waals surface area contributed by atoms with Gasteiger partial charge in [-0.3, -0.25) is 9.59 Å². The van der Waals surface area contributed by atoms with E-state index in [2.05, 4.69) is 13.8 Å². The average molecular weight is 310 g/mol. The Labute approximate surface area is 134 Å². The van der Waals surface area contributed by atoms with Crippen LogP contribution in [0.2, 0.25) is 0 Å². The molecule has 0 unspecified atom stereocenters. The Kier molecular flexibility index (Phi) is 4.16. The first-order valence-corrected chi connectivity index (χ1v) is 8.51. The monoisotopic (exact) mass is 310 g/mol. The van der Waals surface area contributed by atoms with Crippen molar-refractivity contribution in [3.8, 4) is 0 Å². The van der Waals surface area contributed by atoms with Crippen LogP contribution in [0.3, 0.4) is 0 Å². The Balaban J connectivity index is 1.92. The molecule has 2 aromatic rings. The molecule has 0 spiro atoms. The molecule has 3 rings (SSSR count). The first kappa shape index (κ1) is 15.0. The number of carbonyl (C=O) groups excluding carboxylic acids is 2. The third-order valence-corrected chi connectivity index (χ3v) is 4.89. The van der Waals surface area contributed by atoms with Gasteiger partial charge in [-0.05, 0) is 36.3 Å². The van der Waals surface area contributed by atoms with Crippen LogP contribution in [0.15, 0.2) is 47.4 Å². The second-order valence-corrected chi connectivity index (χ2v) is 7.11. The molecule has 112 valence electrons. The minimum Gasteiger partial charge on any atom is -0.289 e. The number of fused-ring (bicyclic) bond motifs is 2. The molecular weight excluding hydrogens is 292 g/mol. The Morgan fingerprint density at radius 1 is 0.864 bits per heavy atom. The molecule has 0 N–H and O–H groups in total. The predicted octanol–water partition coefficient (Wildman–Crippen LogP) is 4.60. The van der Waals surface area contributed by atoms with Crippen LogP contribution in [-0.4, -0.2) is 17.3 Å². The quantitative estimate of drug-likeness (QED) is 0.660. The highest BCUT2D eigenvalue weighted by molar-refractivity contribution is 7.99. The summed E-state index contributed by atoms with van der Waals surface area (Å²) in [5, 5.41) is 0. The molecule has 2 aromatic carbocycles. The first-order chi connectivity index (χ1) is 10.6. The number of hydrogen-bond donors (Lipinski definition) is 0. The number of carbonyl (C=O) groups is 2. The fourth-order valence-corrected chi connectivity index (χ4v) is 3.77. The van der Waals surface area contributed by atoms with Crippen molar-refractivity contribution in [3.63, 3.8) is 0 Å². The molecule has 1 aliphatic rings. The van der Waals surface area contributed by atoms with Gasteiger partial charge in [0, 0.05) is 27.1 Å². The average Bonchev–Trinajstić information content (AvgIpc) is 2.52. The van der Waals surface area contributed by atoms with Gasteiger partial charge in [-0.15, -0.1) is 11.8 Å². The van der Waals surface area contributed by atoms with Crippen LogP contribution >= 0.6 is 11.8 Å². The highest BCUT2D eigenvalue weighted by atomic mass is 32.2. The van der Waals surface area contributed by atoms with Gasteiger partial charge in [-0.25, -0.2) is 0 Å². The number of thioether (sulfide) groups is 1. The third-order valence-electron chi connectivity index (χ3n) is 3.86. The number of ketones is 2. The Hall–Kier alpha value is -1.87. The minimum atomic E-state index is -0.0519. The van der Waals surface area contributed by atoms with Crippen molar-refractivity contribution in [1.82, 2.24) is 0 Å². The lowest BCUT2D eigenvalue weighted by Crippen LogP contribution is -2.20. The predicted molar refractivity (Wildman–Crippen MR) is 89.9 cm³/mol. The van der Waals surface area contributed by atoms with Crippen LogP contribution in [-0.2, 0) is 0 Å². The summed E-state index contributed by atoms with van der Waals surface area (Å²) in [6, 6.07) is 12.7. The van der Waals surface area contributed by atoms with E-state index < -0.39 is 0 Å². The van der Waals surface area contributed by atoms with Crippen molar-refractivity contribution in [1.29, 1.82) is 0 Å². The summed E-state index contributed by atoms with van der Waals surface area (Å²) >= 11 is 1.74. The zero-order chi connectivity index (χ0) is 15.7. The lowest BCUT2D eigenvalue weighted by molar-refractivity contribution is 0.0979. The molecule has 3 heteroatoms. The van der Waals surface area contributed by atoms with Crippen LogP contribution in [0.4, 0.5) is 0 Å². The summed E-state index contributed by atoms with van der Waals surface area (Å²) in [6.45, 7) is 4.40. The third kappa shape index (κ3) is 2.73. The molecule has 0 heterocycles. The fraction of sp³-hybridized carbons (Fsp3) is 0.263. The van der Waals surface area contributed by atoms with Crippen molar-refractivity contribution in [3.05, 3.63) is 64.7 Å². The molecule has 0 aliphatic heterocycles. The van der Waals surface area contributed by atoms with Crippen LogP contribution in [0.25, 0.3) is 0 Å². The van der Waals surface area contributed by atoms with Gasteiger partial charge < -0.3 is 0 Å². The molecule has 0 amide bonds. The maximum absolute atomic E-state index is 12.6. The van der Waals surface area contributed by atoms with Gasteiger partial charge in [0.25, 0.3) is 0 Å². The van der Waals surface area contributed by atoms with Crippen LogP contribution < -0.4 is 0 Å². The summed E-state index contributed by atoms with van der Waals surface area (Å²) in [4.78, 5) is 26.2. The van der Waals surface area contributed by atoms with E-state index in [9.17, 15) is 9.59 Å². The van der Waals surface area contributed by atoms with Gasteiger partial charge in [0.2, 0.25) is 0 Å². The van der Waals surface area contributed by atoms with Crippen molar-refractivity contribution >= 4 is 23.3 Å². The second kappa shape index (κ2) is 6.09. The molecule has 0 saturated heterocycles. The zero-order valence-electron chi connectivity index (χ0n) is 12.8. The highest BCUT2D eigenvalue weighted by Gasteiger charge is 2.29. The molecule has 1 aliphatic carbocycles. The first-order valence-electron chi connectivity index (χ1n) is 7.53. The van der Waals surface area contributed by atoms with E-state index in [4.69, 9.17) is 0 Å². The SMILES string of the molecule is CC(C)CCSc1ccc2c(c1)C(=O)c1ccccc1C2=O. The van der Waals surface area contributed by atoms with E-state index >= 15 is 0 Å². The summed E-state index contributed by atoms with van der Waals surface area (Å²) in [7, 11) is 0. The molecule has 0 saturated carbocycles. The lowest BCUT2D eigenvalue weighted by Gasteiger charge is -2.18. The molecule has 0 radical (unpaired) electrons. The second-order valence-electron chi connectivity index (χ2n) is 5.94. The van der Waals surface area contributed by atoms with E-state index in [1.807, 2.05) is 12.1 Å². The molecule has 2 nitrogen and oxygen atoms in total. The van der Waals surface area contributed by atoms with E-state index in [1.54, 1.807) is 42.1 Å². The summed E-state index contributed by atoms with van der Waals surface area (Å²) < 4.78 is 0. The van der Waals surface area contributed by atoms with Crippen molar-refractivity contribution < 1.29 is 9.59 Å². The Morgan fingerprint density at radius 3 is 2.09 bits per heavy atom. The Morgan fingerprint density at radius 2 is 1.45 bits per heavy atom. The fourth-order valence-electron chi connectivity index (χ4n) is 2.58. The van der Waals surface area contributed by atoms with E-state index in [-0.39, 0.29) is 11.6 Å². The summed E-state index contributed by atoms with van der Waals surface area (Å²) in [6.07, 6.45) is 1.14. The number of rotatable bonds is 4. The molecular formula is C19H18O2S. The minimum absolute atomic E-state index is 0.0449. The molecule has 0 atom stereocenters. The maximum atomic E-state index is 12.6. The van der Waals surface area contributed by atoms with Gasteiger partial charge in [-0.2, -0.15) is 0 Å². The number of benzene rings is 2. The smallest absolute Gasteiger partial charge is 0.194 e. The lowest BCUT2D eigenvalue weighted by atomic mass is 9.84. The maximum Gasteiger partial charge on any atom is 0.194 e. The van der Waals surface area contributed by atoms with Gasteiger partial charge in [0.1, 0.15) is 0 Å². The van der Waals surface area contributed by atoms with Gasteiger partial charge >= 0.3 is 0 Å². The number of hydrogen-bond acceptors (Lipinski definition) is 3. The van der Waals surface area contributed by atoms with E-state index in [1.165, 1.54) is 0 Å². The summed E-state index contributed by atoms with van der Waals surface area (Å²) in [5.74, 6) is 1.59. The van der Waals surface area contributed by atoms with Crippen LogP contribution in [0.5, 0.6) is 0 Å². The molecule has 0 aromatic heterocycles. The van der Waals surface area contributed by atoms with Gasteiger partial charge in [-0.1, -0.05) is 38.1 Å². The van der Waals surface area contributed by atoms with Gasteiger partial charge in [0.05, 0.1) is 0 Å². The van der Waals surface area contributed by atoms with E-state index in [0.717, 1.165) is 17.1 Å². The Bertz CT molecular complexity index is 747. The zero-order valence-corrected chi connectivity index (χ0v) is 13.6. The standard InChI is InChI=1S/C19H18O2S/c1-12(2)9-10-22-13-7-8-16-17(11-13)19(21)15-6-4-3-5-14(15)18(16)20/h3-8,11-12H,9-10H2,1-2H3. The topological polar surface area (TPSA) is 34.1 Å². The van der Waals surface area contributed by atoms with Crippen LogP contribution in [0.1, 0.15) is 52.1 Å². The van der Waals surface area contributed by atoms with Gasteiger partial charge in [0.15, 0.2) is 11.6 Å². The molecule has 0 bridgehead atoms. The van der Waals surface area contributed by atoms with Crippen LogP contribution in [0, 0.1) is 5.92 Å². The van der Waals surface area contributed by atoms with E-state index in [0.29, 0.717) is 28.2 Å². The van der Waals surface area contributed by atoms with Crippen molar-refractivity contribution in [2.24, 2.45) is 5.92 Å². The van der Waals surface area contributed by atoms with Crippen molar-refractivity contribution in [2.75, 3.05) is 5.75 Å². The highest BCUT2D eigenvalue weighted by Crippen LogP contribution is 2.30. The largest absolute Gasteiger partial charge is 0.289 e. The summed E-state index contributed by atoms with van der Waals surface area (Å²) in [5.41, 5.74) is 2.10. The molecule has 0 fully saturated rings. The normalized spacial score (nSPS) is 13.2. The molecule has 22 heavy (non-hydrogen) atoms. The van der Waals surface area contributed by atoms with Crippen molar-refractivity contribution in [2.45, 2.75) is 25.2 Å².